The SMILES string of the molecule is CC(C)CC1CN(c2ccc(-c3c[nH]c4ncccc34)cc2C#N)CCN1. The maximum atomic E-state index is 9.78. The molecule has 1 aliphatic rings. The molecular formula is C22H25N5. The fourth-order valence-corrected chi connectivity index (χ4v) is 4.03. The van der Waals surface area contributed by atoms with Crippen LogP contribution in [0, 0.1) is 17.2 Å². The van der Waals surface area contributed by atoms with E-state index in [0.717, 1.165) is 59.5 Å². The van der Waals surface area contributed by atoms with Crippen molar-refractivity contribution in [1.82, 2.24) is 15.3 Å². The van der Waals surface area contributed by atoms with E-state index in [0.29, 0.717) is 12.0 Å². The Hall–Kier alpha value is -2.84. The van der Waals surface area contributed by atoms with E-state index in [2.05, 4.69) is 58.3 Å². The van der Waals surface area contributed by atoms with Crippen LogP contribution in [0.15, 0.2) is 42.7 Å². The molecule has 3 aromatic rings. The Morgan fingerprint density at radius 2 is 2.22 bits per heavy atom. The first-order chi connectivity index (χ1) is 13.2. The molecule has 1 aromatic carbocycles. The quantitative estimate of drug-likeness (QED) is 0.741. The summed E-state index contributed by atoms with van der Waals surface area (Å²) in [5, 5.41) is 14.5. The molecule has 0 aliphatic carbocycles. The number of pyridine rings is 1. The fourth-order valence-electron chi connectivity index (χ4n) is 4.03. The monoisotopic (exact) mass is 359 g/mol. The maximum Gasteiger partial charge on any atom is 0.137 e. The summed E-state index contributed by atoms with van der Waals surface area (Å²) in [5.41, 5.74) is 4.77. The van der Waals surface area contributed by atoms with Crippen LogP contribution in [-0.4, -0.2) is 35.6 Å². The minimum absolute atomic E-state index is 0.477. The van der Waals surface area contributed by atoms with E-state index in [-0.39, 0.29) is 0 Å². The van der Waals surface area contributed by atoms with E-state index in [1.807, 2.05) is 18.3 Å². The molecule has 2 aromatic heterocycles. The van der Waals surface area contributed by atoms with Gasteiger partial charge in [-0.1, -0.05) is 19.9 Å². The van der Waals surface area contributed by atoms with Gasteiger partial charge in [0.25, 0.3) is 0 Å². The summed E-state index contributed by atoms with van der Waals surface area (Å²) in [6.45, 7) is 7.35. The highest BCUT2D eigenvalue weighted by molar-refractivity contribution is 5.94. The van der Waals surface area contributed by atoms with Crippen LogP contribution in [-0.2, 0) is 0 Å². The van der Waals surface area contributed by atoms with Crippen molar-refractivity contribution in [2.75, 3.05) is 24.5 Å². The number of nitrogens with zero attached hydrogens (tertiary/aromatic N) is 3. The summed E-state index contributed by atoms with van der Waals surface area (Å²) in [6.07, 6.45) is 4.90. The number of rotatable bonds is 4. The number of aromatic amines is 1. The van der Waals surface area contributed by atoms with Gasteiger partial charge >= 0.3 is 0 Å². The van der Waals surface area contributed by atoms with E-state index >= 15 is 0 Å². The fraction of sp³-hybridized carbons (Fsp3) is 0.364. The number of nitrogens with one attached hydrogen (secondary N) is 2. The highest BCUT2D eigenvalue weighted by atomic mass is 15.2. The molecule has 3 heterocycles. The Morgan fingerprint density at radius 1 is 1.33 bits per heavy atom. The highest BCUT2D eigenvalue weighted by Crippen LogP contribution is 2.32. The van der Waals surface area contributed by atoms with Crippen LogP contribution in [0.4, 0.5) is 5.69 Å². The molecule has 0 saturated carbocycles. The normalized spacial score (nSPS) is 17.4. The van der Waals surface area contributed by atoms with Gasteiger partial charge in [-0.25, -0.2) is 4.98 Å². The molecule has 0 bridgehead atoms. The number of hydrogen-bond acceptors (Lipinski definition) is 4. The van der Waals surface area contributed by atoms with Gasteiger partial charge in [-0.05, 0) is 42.2 Å². The summed E-state index contributed by atoms with van der Waals surface area (Å²) in [7, 11) is 0. The molecule has 1 saturated heterocycles. The predicted molar refractivity (Wildman–Crippen MR) is 110 cm³/mol. The third-order valence-electron chi connectivity index (χ3n) is 5.23. The van der Waals surface area contributed by atoms with Crippen LogP contribution in [0.1, 0.15) is 25.8 Å². The Labute approximate surface area is 160 Å². The van der Waals surface area contributed by atoms with Gasteiger partial charge < -0.3 is 15.2 Å². The van der Waals surface area contributed by atoms with E-state index in [1.165, 1.54) is 0 Å². The number of hydrogen-bond donors (Lipinski definition) is 2. The van der Waals surface area contributed by atoms with Crippen molar-refractivity contribution in [2.45, 2.75) is 26.3 Å². The van der Waals surface area contributed by atoms with E-state index in [1.54, 1.807) is 6.20 Å². The van der Waals surface area contributed by atoms with E-state index in [9.17, 15) is 5.26 Å². The topological polar surface area (TPSA) is 67.7 Å². The van der Waals surface area contributed by atoms with Crippen LogP contribution in [0.25, 0.3) is 22.2 Å². The lowest BCUT2D eigenvalue weighted by Gasteiger charge is -2.36. The van der Waals surface area contributed by atoms with Crippen LogP contribution in [0.5, 0.6) is 0 Å². The molecule has 5 heteroatoms. The summed E-state index contributed by atoms with van der Waals surface area (Å²) >= 11 is 0. The number of anilines is 1. The average molecular weight is 359 g/mol. The van der Waals surface area contributed by atoms with Gasteiger partial charge in [0.15, 0.2) is 0 Å². The Morgan fingerprint density at radius 3 is 3.04 bits per heavy atom. The number of fused-ring (bicyclic) bond motifs is 1. The van der Waals surface area contributed by atoms with E-state index in [4.69, 9.17) is 0 Å². The average Bonchev–Trinajstić information content (AvgIpc) is 3.11. The van der Waals surface area contributed by atoms with Gasteiger partial charge in [0, 0.05) is 49.0 Å². The Balaban J connectivity index is 1.65. The van der Waals surface area contributed by atoms with Crippen molar-refractivity contribution in [3.05, 3.63) is 48.3 Å². The predicted octanol–water partition coefficient (Wildman–Crippen LogP) is 3.93. The molecule has 1 aliphatic heterocycles. The number of benzene rings is 1. The molecule has 4 rings (SSSR count). The lowest BCUT2D eigenvalue weighted by atomic mass is 9.99. The molecule has 138 valence electrons. The number of nitriles is 1. The number of H-pyrrole nitrogens is 1. The van der Waals surface area contributed by atoms with Gasteiger partial charge in [-0.3, -0.25) is 0 Å². The first-order valence-electron chi connectivity index (χ1n) is 9.60. The van der Waals surface area contributed by atoms with Gasteiger partial charge in [0.1, 0.15) is 11.7 Å². The first-order valence-corrected chi connectivity index (χ1v) is 9.60. The summed E-state index contributed by atoms with van der Waals surface area (Å²) in [5.74, 6) is 0.663. The second-order valence-corrected chi connectivity index (χ2v) is 7.67. The largest absolute Gasteiger partial charge is 0.368 e. The minimum atomic E-state index is 0.477. The van der Waals surface area contributed by atoms with E-state index < -0.39 is 0 Å². The van der Waals surface area contributed by atoms with Crippen molar-refractivity contribution in [2.24, 2.45) is 5.92 Å². The van der Waals surface area contributed by atoms with Crippen LogP contribution >= 0.6 is 0 Å². The second kappa shape index (κ2) is 7.42. The maximum absolute atomic E-state index is 9.78. The number of aromatic nitrogens is 2. The summed E-state index contributed by atoms with van der Waals surface area (Å²) in [4.78, 5) is 9.92. The van der Waals surface area contributed by atoms with Gasteiger partial charge in [-0.2, -0.15) is 5.26 Å². The minimum Gasteiger partial charge on any atom is -0.368 e. The lowest BCUT2D eigenvalue weighted by Crippen LogP contribution is -2.51. The summed E-state index contributed by atoms with van der Waals surface area (Å²) < 4.78 is 0. The molecule has 1 unspecified atom stereocenters. The molecule has 1 fully saturated rings. The zero-order valence-electron chi connectivity index (χ0n) is 15.9. The van der Waals surface area contributed by atoms with Crippen LogP contribution < -0.4 is 10.2 Å². The van der Waals surface area contributed by atoms with Crippen molar-refractivity contribution in [3.8, 4) is 17.2 Å². The standard InChI is InChI=1S/C22H25N5/c1-15(2)10-18-14-27(9-8-24-18)21-6-5-16(11-17(21)12-23)20-13-26-22-19(20)4-3-7-25-22/h3-7,11,13,15,18,24H,8-10,14H2,1-2H3,(H,25,26). The molecule has 0 amide bonds. The Bertz CT molecular complexity index is 982. The van der Waals surface area contributed by atoms with Crippen LogP contribution in [0.2, 0.25) is 0 Å². The third-order valence-corrected chi connectivity index (χ3v) is 5.23. The van der Waals surface area contributed by atoms with Crippen molar-refractivity contribution in [1.29, 1.82) is 5.26 Å². The molecule has 0 spiro atoms. The van der Waals surface area contributed by atoms with Gasteiger partial charge in [0.05, 0.1) is 11.3 Å². The molecule has 27 heavy (non-hydrogen) atoms. The van der Waals surface area contributed by atoms with Crippen LogP contribution in [0.3, 0.4) is 0 Å². The first kappa shape index (κ1) is 17.6. The van der Waals surface area contributed by atoms with Crippen molar-refractivity contribution >= 4 is 16.7 Å². The van der Waals surface area contributed by atoms with Gasteiger partial charge in [0.2, 0.25) is 0 Å². The summed E-state index contributed by atoms with van der Waals surface area (Å²) in [6, 6.07) is 13.1. The Kier molecular flexibility index (Phi) is 4.83. The zero-order valence-corrected chi connectivity index (χ0v) is 15.9. The second-order valence-electron chi connectivity index (χ2n) is 7.67. The zero-order chi connectivity index (χ0) is 18.8. The molecule has 5 nitrogen and oxygen atoms in total. The smallest absolute Gasteiger partial charge is 0.137 e. The molecule has 1 atom stereocenters. The third kappa shape index (κ3) is 3.54. The molecule has 2 N–H and O–H groups in total. The lowest BCUT2D eigenvalue weighted by molar-refractivity contribution is 0.388. The van der Waals surface area contributed by atoms with Crippen molar-refractivity contribution < 1.29 is 0 Å². The molecule has 0 radical (unpaired) electrons. The molecular weight excluding hydrogens is 334 g/mol. The van der Waals surface area contributed by atoms with Gasteiger partial charge in [-0.15, -0.1) is 0 Å². The number of piperazine rings is 1. The van der Waals surface area contributed by atoms with Crippen molar-refractivity contribution in [3.63, 3.8) is 0 Å². The highest BCUT2D eigenvalue weighted by Gasteiger charge is 2.22.